The normalized spacial score (nSPS) is 18.7. The molecule has 21 heavy (non-hydrogen) atoms. The third-order valence-electron chi connectivity index (χ3n) is 3.38. The molecule has 6 nitrogen and oxygen atoms in total. The maximum atomic E-state index is 5.91. The van der Waals surface area contributed by atoms with Crippen molar-refractivity contribution in [2.24, 2.45) is 0 Å². The van der Waals surface area contributed by atoms with Crippen LogP contribution in [0.3, 0.4) is 0 Å². The highest BCUT2D eigenvalue weighted by atomic mass is 35.5. The number of hydrogen-bond acceptors (Lipinski definition) is 6. The zero-order chi connectivity index (χ0) is 14.8. The van der Waals surface area contributed by atoms with Crippen LogP contribution in [0.1, 0.15) is 11.7 Å². The van der Waals surface area contributed by atoms with Crippen LogP contribution in [0.25, 0.3) is 0 Å². The van der Waals surface area contributed by atoms with Crippen LogP contribution in [0.2, 0.25) is 5.02 Å². The first kappa shape index (κ1) is 13.9. The molecule has 0 amide bonds. The lowest BCUT2D eigenvalue weighted by Crippen LogP contribution is -2.39. The molecular formula is C14H16ClN5O. The van der Waals surface area contributed by atoms with Gasteiger partial charge in [-0.2, -0.15) is 9.97 Å². The van der Waals surface area contributed by atoms with Gasteiger partial charge in [0.1, 0.15) is 17.7 Å². The average molecular weight is 306 g/mol. The number of aromatic nitrogens is 2. The van der Waals surface area contributed by atoms with Crippen LogP contribution in [0, 0.1) is 0 Å². The summed E-state index contributed by atoms with van der Waals surface area (Å²) in [6.45, 7) is 2.02. The summed E-state index contributed by atoms with van der Waals surface area (Å²) in [6.07, 6.45) is -0.0339. The second kappa shape index (κ2) is 5.75. The van der Waals surface area contributed by atoms with Crippen molar-refractivity contribution in [3.8, 4) is 0 Å². The van der Waals surface area contributed by atoms with Gasteiger partial charge in [-0.25, -0.2) is 0 Å². The van der Waals surface area contributed by atoms with Gasteiger partial charge >= 0.3 is 0 Å². The highest BCUT2D eigenvalue weighted by Crippen LogP contribution is 2.26. The Kier molecular flexibility index (Phi) is 3.81. The summed E-state index contributed by atoms with van der Waals surface area (Å²) < 4.78 is 5.83. The second-order valence-electron chi connectivity index (χ2n) is 4.87. The molecule has 4 N–H and O–H groups in total. The van der Waals surface area contributed by atoms with E-state index in [1.54, 1.807) is 6.07 Å². The fourth-order valence-corrected chi connectivity index (χ4v) is 2.50. The molecule has 3 rings (SSSR count). The number of hydrogen-bond donors (Lipinski definition) is 2. The highest BCUT2D eigenvalue weighted by molar-refractivity contribution is 6.30. The Morgan fingerprint density at radius 1 is 1.19 bits per heavy atom. The average Bonchev–Trinajstić information content (AvgIpc) is 2.47. The third-order valence-corrected chi connectivity index (χ3v) is 3.63. The maximum Gasteiger partial charge on any atom is 0.223 e. The van der Waals surface area contributed by atoms with Gasteiger partial charge in [-0.05, 0) is 17.7 Å². The summed E-state index contributed by atoms with van der Waals surface area (Å²) >= 11 is 5.91. The number of nitrogen functional groups attached to an aromatic ring is 2. The number of nitrogens with two attached hydrogens (primary N) is 2. The van der Waals surface area contributed by atoms with Gasteiger partial charge in [0.2, 0.25) is 5.95 Å². The smallest absolute Gasteiger partial charge is 0.223 e. The lowest BCUT2D eigenvalue weighted by atomic mass is 10.1. The van der Waals surface area contributed by atoms with E-state index in [0.29, 0.717) is 24.0 Å². The lowest BCUT2D eigenvalue weighted by Gasteiger charge is -2.34. The summed E-state index contributed by atoms with van der Waals surface area (Å²) in [5, 5.41) is 0.711. The van der Waals surface area contributed by atoms with E-state index in [2.05, 4.69) is 14.9 Å². The van der Waals surface area contributed by atoms with Crippen molar-refractivity contribution in [2.75, 3.05) is 36.1 Å². The molecule has 1 fully saturated rings. The molecule has 2 aromatic rings. The monoisotopic (exact) mass is 305 g/mol. The summed E-state index contributed by atoms with van der Waals surface area (Å²) in [5.41, 5.74) is 12.5. The first-order valence-electron chi connectivity index (χ1n) is 6.64. The summed E-state index contributed by atoms with van der Waals surface area (Å²) in [4.78, 5) is 10.2. The van der Waals surface area contributed by atoms with Crippen LogP contribution in [-0.2, 0) is 4.74 Å². The van der Waals surface area contributed by atoms with Gasteiger partial charge in [-0.3, -0.25) is 0 Å². The van der Waals surface area contributed by atoms with Crippen LogP contribution in [0.4, 0.5) is 17.6 Å². The fraction of sp³-hybridized carbons (Fsp3) is 0.286. The van der Waals surface area contributed by atoms with Crippen molar-refractivity contribution in [2.45, 2.75) is 6.10 Å². The predicted octanol–water partition coefficient (Wildman–Crippen LogP) is 1.87. The predicted molar refractivity (Wildman–Crippen MR) is 83.2 cm³/mol. The summed E-state index contributed by atoms with van der Waals surface area (Å²) in [5.74, 6) is 1.27. The zero-order valence-corrected chi connectivity index (χ0v) is 12.1. The molecule has 1 aliphatic heterocycles. The van der Waals surface area contributed by atoms with Gasteiger partial charge in [0.05, 0.1) is 6.61 Å². The molecule has 1 aromatic carbocycles. The van der Waals surface area contributed by atoms with Crippen LogP contribution >= 0.6 is 11.6 Å². The van der Waals surface area contributed by atoms with E-state index < -0.39 is 0 Å². The Balaban J connectivity index is 1.80. The molecule has 7 heteroatoms. The Hall–Kier alpha value is -2.05. The van der Waals surface area contributed by atoms with E-state index >= 15 is 0 Å². The van der Waals surface area contributed by atoms with Crippen molar-refractivity contribution >= 4 is 29.2 Å². The van der Waals surface area contributed by atoms with Crippen molar-refractivity contribution in [1.82, 2.24) is 9.97 Å². The third kappa shape index (κ3) is 3.17. The van der Waals surface area contributed by atoms with E-state index in [4.69, 9.17) is 27.8 Å². The first-order valence-corrected chi connectivity index (χ1v) is 7.01. The summed E-state index contributed by atoms with van der Waals surface area (Å²) in [6, 6.07) is 9.39. The van der Waals surface area contributed by atoms with E-state index in [9.17, 15) is 0 Å². The van der Waals surface area contributed by atoms with Crippen molar-refractivity contribution in [3.63, 3.8) is 0 Å². The van der Waals surface area contributed by atoms with E-state index in [-0.39, 0.29) is 12.1 Å². The minimum atomic E-state index is -0.0339. The molecule has 1 aliphatic rings. The largest absolute Gasteiger partial charge is 0.383 e. The molecule has 1 unspecified atom stereocenters. The van der Waals surface area contributed by atoms with E-state index in [1.165, 1.54) is 0 Å². The van der Waals surface area contributed by atoms with Gasteiger partial charge in [0.25, 0.3) is 0 Å². The Labute approximate surface area is 127 Å². The Morgan fingerprint density at radius 3 is 2.67 bits per heavy atom. The molecule has 0 radical (unpaired) electrons. The number of rotatable bonds is 2. The van der Waals surface area contributed by atoms with Crippen LogP contribution < -0.4 is 16.4 Å². The van der Waals surface area contributed by atoms with Gasteiger partial charge < -0.3 is 21.1 Å². The minimum absolute atomic E-state index is 0.0339. The Morgan fingerprint density at radius 2 is 1.95 bits per heavy atom. The topological polar surface area (TPSA) is 90.3 Å². The zero-order valence-electron chi connectivity index (χ0n) is 11.4. The van der Waals surface area contributed by atoms with Crippen molar-refractivity contribution < 1.29 is 4.74 Å². The second-order valence-corrected chi connectivity index (χ2v) is 5.30. The summed E-state index contributed by atoms with van der Waals surface area (Å²) in [7, 11) is 0. The maximum absolute atomic E-state index is 5.91. The quantitative estimate of drug-likeness (QED) is 0.880. The number of anilines is 3. The molecule has 0 aliphatic carbocycles. The molecule has 0 spiro atoms. The van der Waals surface area contributed by atoms with Crippen LogP contribution in [-0.4, -0.2) is 29.7 Å². The molecule has 0 bridgehead atoms. The minimum Gasteiger partial charge on any atom is -0.383 e. The number of halogens is 1. The molecule has 2 heterocycles. The highest BCUT2D eigenvalue weighted by Gasteiger charge is 2.23. The van der Waals surface area contributed by atoms with Gasteiger partial charge in [-0.15, -0.1) is 0 Å². The van der Waals surface area contributed by atoms with Crippen LogP contribution in [0.15, 0.2) is 30.3 Å². The van der Waals surface area contributed by atoms with Crippen molar-refractivity contribution in [3.05, 3.63) is 40.9 Å². The van der Waals surface area contributed by atoms with Gasteiger partial charge in [-0.1, -0.05) is 23.7 Å². The standard InChI is InChI=1S/C14H16ClN5O/c15-10-3-1-9(2-4-10)11-8-20(5-6-21-11)13-7-12(16)18-14(17)19-13/h1-4,7,11H,5-6,8H2,(H4,16,17,18,19). The Bertz CT molecular complexity index is 614. The molecule has 1 saturated heterocycles. The van der Waals surface area contributed by atoms with Gasteiger partial charge in [0, 0.05) is 24.2 Å². The van der Waals surface area contributed by atoms with Gasteiger partial charge in [0.15, 0.2) is 0 Å². The number of benzene rings is 1. The SMILES string of the molecule is Nc1cc(N2CCOC(c3ccc(Cl)cc3)C2)nc(N)n1. The number of ether oxygens (including phenoxy) is 1. The van der Waals surface area contributed by atoms with E-state index in [1.807, 2.05) is 24.3 Å². The lowest BCUT2D eigenvalue weighted by molar-refractivity contribution is 0.0395. The fourth-order valence-electron chi connectivity index (χ4n) is 2.37. The van der Waals surface area contributed by atoms with Crippen molar-refractivity contribution in [1.29, 1.82) is 0 Å². The first-order chi connectivity index (χ1) is 10.1. The number of nitrogens with zero attached hydrogens (tertiary/aromatic N) is 3. The molecule has 0 saturated carbocycles. The van der Waals surface area contributed by atoms with E-state index in [0.717, 1.165) is 17.9 Å². The molecule has 1 atom stereocenters. The molecule has 110 valence electrons. The number of morpholine rings is 1. The molecular weight excluding hydrogens is 290 g/mol. The van der Waals surface area contributed by atoms with Crippen LogP contribution in [0.5, 0.6) is 0 Å². The molecule has 1 aromatic heterocycles.